The first-order valence-electron chi connectivity index (χ1n) is 14.8. The molecule has 3 rings (SSSR count). The largest absolute Gasteiger partial charge is 0.461 e. The number of unbranched alkanes of at least 4 members (excludes halogenated alkanes) is 7. The van der Waals surface area contributed by atoms with E-state index < -0.39 is 36.0 Å². The minimum atomic E-state index is -1.02. The number of imide groups is 1. The Bertz CT molecular complexity index is 1120. The summed E-state index contributed by atoms with van der Waals surface area (Å²) in [6.45, 7) is 5.59. The van der Waals surface area contributed by atoms with Crippen molar-refractivity contribution in [1.82, 2.24) is 4.90 Å². The van der Waals surface area contributed by atoms with Crippen molar-refractivity contribution in [3.8, 4) is 0 Å². The smallest absolute Gasteiger partial charge is 0.416 e. The number of nitrogens with zero attached hydrogens (tertiary/aromatic N) is 1. The number of hydrogen-bond donors (Lipinski definition) is 1. The summed E-state index contributed by atoms with van der Waals surface area (Å²) in [5.41, 5.74) is 0.874. The third kappa shape index (κ3) is 9.70. The highest BCUT2D eigenvalue weighted by Crippen LogP contribution is 2.37. The Kier molecular flexibility index (Phi) is 13.4. The maximum Gasteiger partial charge on any atom is 0.416 e. The molecule has 1 fully saturated rings. The maximum absolute atomic E-state index is 14.1. The van der Waals surface area contributed by atoms with E-state index in [4.69, 9.17) is 19.0 Å². The van der Waals surface area contributed by atoms with Crippen LogP contribution in [0, 0.1) is 11.8 Å². The van der Waals surface area contributed by atoms with E-state index in [1.54, 1.807) is 6.07 Å². The molecule has 2 amide bonds. The number of esters is 1. The van der Waals surface area contributed by atoms with Gasteiger partial charge < -0.3 is 19.0 Å². The van der Waals surface area contributed by atoms with Gasteiger partial charge in [0.25, 0.3) is 0 Å². The highest BCUT2D eigenvalue weighted by Gasteiger charge is 2.46. The number of halogens is 1. The van der Waals surface area contributed by atoms with Crippen molar-refractivity contribution >= 4 is 33.9 Å². The molecule has 226 valence electrons. The van der Waals surface area contributed by atoms with E-state index in [1.165, 1.54) is 24.7 Å². The molecule has 2 aromatic rings. The van der Waals surface area contributed by atoms with Crippen LogP contribution in [-0.2, 0) is 31.9 Å². The zero-order valence-corrected chi connectivity index (χ0v) is 26.1. The SMILES string of the molecule is CC(=O)O[C@@H](c1cc(Br)c(CCCCCCCCCCO)o1)[C@H](Cc1ccccc1)C(=O)N1C(=O)OC[C@H]1C(C)C. The van der Waals surface area contributed by atoms with Crippen LogP contribution in [0.25, 0.3) is 0 Å². The summed E-state index contributed by atoms with van der Waals surface area (Å²) in [7, 11) is 0. The van der Waals surface area contributed by atoms with Crippen molar-refractivity contribution in [1.29, 1.82) is 0 Å². The number of carbonyl (C=O) groups excluding carboxylic acids is 3. The number of amides is 2. The number of ether oxygens (including phenoxy) is 2. The molecule has 1 aromatic heterocycles. The van der Waals surface area contributed by atoms with Crippen LogP contribution in [0.4, 0.5) is 4.79 Å². The number of benzene rings is 1. The molecule has 1 aromatic carbocycles. The van der Waals surface area contributed by atoms with E-state index in [-0.39, 0.29) is 25.6 Å². The lowest BCUT2D eigenvalue weighted by molar-refractivity contribution is -0.155. The van der Waals surface area contributed by atoms with Crippen LogP contribution < -0.4 is 0 Å². The van der Waals surface area contributed by atoms with Gasteiger partial charge in [-0.3, -0.25) is 9.59 Å². The van der Waals surface area contributed by atoms with Gasteiger partial charge >= 0.3 is 12.1 Å². The van der Waals surface area contributed by atoms with Crippen molar-refractivity contribution in [2.45, 2.75) is 97.1 Å². The molecule has 1 N–H and O–H groups in total. The van der Waals surface area contributed by atoms with E-state index >= 15 is 0 Å². The number of furan rings is 1. The number of aryl methyl sites for hydroxylation is 1. The van der Waals surface area contributed by atoms with Gasteiger partial charge in [-0.2, -0.15) is 0 Å². The summed E-state index contributed by atoms with van der Waals surface area (Å²) in [6, 6.07) is 10.8. The number of aliphatic hydroxyl groups excluding tert-OH is 1. The van der Waals surface area contributed by atoms with Crippen LogP contribution in [0.3, 0.4) is 0 Å². The van der Waals surface area contributed by atoms with Crippen molar-refractivity contribution in [3.05, 3.63) is 58.0 Å². The van der Waals surface area contributed by atoms with Gasteiger partial charge in [0.2, 0.25) is 5.91 Å². The monoisotopic (exact) mass is 633 g/mol. The third-order valence-corrected chi connectivity index (χ3v) is 8.23. The minimum absolute atomic E-state index is 0.000138. The lowest BCUT2D eigenvalue weighted by atomic mass is 9.90. The highest BCUT2D eigenvalue weighted by atomic mass is 79.9. The Morgan fingerprint density at radius 1 is 1.05 bits per heavy atom. The van der Waals surface area contributed by atoms with Crippen LogP contribution in [-0.4, -0.2) is 47.2 Å². The summed E-state index contributed by atoms with van der Waals surface area (Å²) >= 11 is 3.60. The molecule has 0 spiro atoms. The second kappa shape index (κ2) is 16.7. The first-order chi connectivity index (χ1) is 19.7. The second-order valence-corrected chi connectivity index (χ2v) is 12.0. The predicted molar refractivity (Wildman–Crippen MR) is 159 cm³/mol. The molecular formula is C32H44BrNO7. The predicted octanol–water partition coefficient (Wildman–Crippen LogP) is 7.16. The molecule has 3 atom stereocenters. The van der Waals surface area contributed by atoms with E-state index in [2.05, 4.69) is 15.9 Å². The first-order valence-corrected chi connectivity index (χ1v) is 15.6. The van der Waals surface area contributed by atoms with Crippen LogP contribution in [0.5, 0.6) is 0 Å². The summed E-state index contributed by atoms with van der Waals surface area (Å²) < 4.78 is 18.1. The average Bonchev–Trinajstić information content (AvgIpc) is 3.52. The molecule has 9 heteroatoms. The number of cyclic esters (lactones) is 1. The molecule has 2 heterocycles. The van der Waals surface area contributed by atoms with Gasteiger partial charge in [-0.15, -0.1) is 0 Å². The molecule has 1 aliphatic heterocycles. The van der Waals surface area contributed by atoms with Crippen LogP contribution in [0.15, 0.2) is 45.3 Å². The average molecular weight is 635 g/mol. The number of carbonyl (C=O) groups is 3. The number of hydrogen-bond acceptors (Lipinski definition) is 7. The van der Waals surface area contributed by atoms with Crippen molar-refractivity contribution in [2.75, 3.05) is 13.2 Å². The highest BCUT2D eigenvalue weighted by molar-refractivity contribution is 9.10. The Morgan fingerprint density at radius 3 is 2.29 bits per heavy atom. The van der Waals surface area contributed by atoms with E-state index in [9.17, 15) is 14.4 Å². The lowest BCUT2D eigenvalue weighted by Crippen LogP contribution is -2.47. The topological polar surface area (TPSA) is 106 Å². The normalized spacial score (nSPS) is 16.6. The summed E-state index contributed by atoms with van der Waals surface area (Å²) in [5.74, 6) is -0.780. The van der Waals surface area contributed by atoms with E-state index in [0.29, 0.717) is 12.2 Å². The maximum atomic E-state index is 14.1. The van der Waals surface area contributed by atoms with Crippen molar-refractivity contribution in [3.63, 3.8) is 0 Å². The van der Waals surface area contributed by atoms with Gasteiger partial charge in [0.1, 0.15) is 18.1 Å². The fraction of sp³-hybridized carbons (Fsp3) is 0.594. The second-order valence-electron chi connectivity index (χ2n) is 11.1. The molecule has 0 bridgehead atoms. The van der Waals surface area contributed by atoms with Gasteiger partial charge in [-0.1, -0.05) is 82.7 Å². The van der Waals surface area contributed by atoms with E-state index in [1.807, 2.05) is 44.2 Å². The molecular weight excluding hydrogens is 590 g/mol. The number of aliphatic hydroxyl groups is 1. The first kappa shape index (κ1) is 32.9. The van der Waals surface area contributed by atoms with Crippen LogP contribution >= 0.6 is 15.9 Å². The fourth-order valence-electron chi connectivity index (χ4n) is 5.26. The Balaban J connectivity index is 1.79. The minimum Gasteiger partial charge on any atom is -0.461 e. The summed E-state index contributed by atoms with van der Waals surface area (Å²) in [5, 5.41) is 8.89. The Labute approximate surface area is 251 Å². The molecule has 41 heavy (non-hydrogen) atoms. The van der Waals surface area contributed by atoms with Gasteiger partial charge in [-0.05, 0) is 52.7 Å². The van der Waals surface area contributed by atoms with Gasteiger partial charge in [-0.25, -0.2) is 9.69 Å². The summed E-state index contributed by atoms with van der Waals surface area (Å²) in [6.07, 6.45) is 7.87. The Morgan fingerprint density at radius 2 is 1.68 bits per heavy atom. The van der Waals surface area contributed by atoms with Gasteiger partial charge in [0, 0.05) is 20.0 Å². The Hall–Kier alpha value is -2.65. The van der Waals surface area contributed by atoms with Crippen molar-refractivity contribution in [2.24, 2.45) is 11.8 Å². The van der Waals surface area contributed by atoms with Crippen molar-refractivity contribution < 1.29 is 33.4 Å². The molecule has 1 saturated heterocycles. The van der Waals surface area contributed by atoms with Gasteiger partial charge in [0.05, 0.1) is 16.4 Å². The molecule has 0 radical (unpaired) electrons. The molecule has 0 aliphatic carbocycles. The molecule has 0 saturated carbocycles. The fourth-order valence-corrected chi connectivity index (χ4v) is 5.77. The third-order valence-electron chi connectivity index (χ3n) is 7.56. The zero-order chi connectivity index (χ0) is 29.8. The molecule has 0 unspecified atom stereocenters. The number of rotatable bonds is 17. The molecule has 8 nitrogen and oxygen atoms in total. The lowest BCUT2D eigenvalue weighted by Gasteiger charge is -2.30. The van der Waals surface area contributed by atoms with Gasteiger partial charge in [0.15, 0.2) is 6.10 Å². The van der Waals surface area contributed by atoms with Crippen LogP contribution in [0.1, 0.15) is 95.3 Å². The zero-order valence-electron chi connectivity index (χ0n) is 24.5. The quantitative estimate of drug-likeness (QED) is 0.145. The van der Waals surface area contributed by atoms with E-state index in [0.717, 1.165) is 54.3 Å². The summed E-state index contributed by atoms with van der Waals surface area (Å²) in [4.78, 5) is 40.3. The molecule has 1 aliphatic rings. The van der Waals surface area contributed by atoms with Crippen LogP contribution in [0.2, 0.25) is 0 Å². The standard InChI is InChI=1S/C32H44BrNO7/c1-22(2)27-21-39-32(38)34(27)31(37)25(19-24-15-11-10-12-16-24)30(40-23(3)36)29-20-26(33)28(41-29)17-13-8-6-4-5-7-9-14-18-35/h10-12,15-16,20,22,25,27,30,35H,4-9,13-14,17-19,21H2,1-3H3/t25-,27-,30+/m0/s1.